The molecule has 3 rings (SSSR count). The molecule has 1 aliphatic heterocycles. The number of hydrogen-bond donors (Lipinski definition) is 2. The van der Waals surface area contributed by atoms with Gasteiger partial charge in [-0.1, -0.05) is 0 Å². The van der Waals surface area contributed by atoms with Crippen LogP contribution >= 0.6 is 11.8 Å². The maximum Gasteiger partial charge on any atom is 0.323 e. The molecule has 2 atom stereocenters. The summed E-state index contributed by atoms with van der Waals surface area (Å²) in [5, 5.41) is 13.9. The maximum atomic E-state index is 11.5. The minimum absolute atomic E-state index is 0.460. The van der Waals surface area contributed by atoms with E-state index < -0.39 is 11.5 Å². The van der Waals surface area contributed by atoms with Crippen molar-refractivity contribution in [2.24, 2.45) is 0 Å². The highest BCUT2D eigenvalue weighted by Crippen LogP contribution is 2.41. The Hall–Kier alpha value is -0.260. The van der Waals surface area contributed by atoms with E-state index in [1.54, 1.807) is 0 Å². The van der Waals surface area contributed by atoms with E-state index in [0.717, 1.165) is 45.3 Å². The van der Waals surface area contributed by atoms with E-state index in [1.165, 1.54) is 0 Å². The number of aliphatic carboxylic acids is 1. The molecule has 0 bridgehead atoms. The van der Waals surface area contributed by atoms with Crippen LogP contribution in [-0.2, 0) is 9.53 Å². The molecule has 0 aromatic carbocycles. The zero-order chi connectivity index (χ0) is 11.9. The first kappa shape index (κ1) is 11.8. The summed E-state index contributed by atoms with van der Waals surface area (Å²) >= 11 is 1.93. The summed E-state index contributed by atoms with van der Waals surface area (Å²) in [5.41, 5.74) is -0.635. The number of ether oxygens (including phenoxy) is 1. The van der Waals surface area contributed by atoms with Crippen LogP contribution in [0.15, 0.2) is 0 Å². The lowest BCUT2D eigenvalue weighted by atomic mass is 9.98. The normalized spacial score (nSPS) is 38.0. The number of thioether (sulfide) groups is 1. The van der Waals surface area contributed by atoms with Gasteiger partial charge < -0.3 is 9.84 Å². The van der Waals surface area contributed by atoms with Gasteiger partial charge in [0.05, 0.1) is 18.5 Å². The number of carboxylic acids is 1. The van der Waals surface area contributed by atoms with Gasteiger partial charge in [0.25, 0.3) is 0 Å². The molecule has 4 nitrogen and oxygen atoms in total. The van der Waals surface area contributed by atoms with Crippen LogP contribution in [-0.4, -0.2) is 46.4 Å². The van der Waals surface area contributed by atoms with Crippen molar-refractivity contribution in [3.8, 4) is 0 Å². The van der Waals surface area contributed by atoms with E-state index >= 15 is 0 Å². The first-order chi connectivity index (χ1) is 8.18. The smallest absolute Gasteiger partial charge is 0.323 e. The lowest BCUT2D eigenvalue weighted by Crippen LogP contribution is -2.51. The van der Waals surface area contributed by atoms with Gasteiger partial charge in [0.1, 0.15) is 5.54 Å². The molecule has 1 heterocycles. The molecule has 2 aliphatic carbocycles. The highest BCUT2D eigenvalue weighted by atomic mass is 32.2. The minimum atomic E-state index is -0.655. The molecule has 2 unspecified atom stereocenters. The Morgan fingerprint density at radius 3 is 2.59 bits per heavy atom. The second kappa shape index (κ2) is 4.44. The second-order valence-corrected chi connectivity index (χ2v) is 7.07. The zero-order valence-corrected chi connectivity index (χ0v) is 10.7. The van der Waals surface area contributed by atoms with E-state index in [9.17, 15) is 9.90 Å². The van der Waals surface area contributed by atoms with Gasteiger partial charge in [0.15, 0.2) is 0 Å². The summed E-state index contributed by atoms with van der Waals surface area (Å²) in [6.45, 7) is 1.69. The predicted octanol–water partition coefficient (Wildman–Crippen LogP) is 1.25. The molecule has 1 saturated heterocycles. The third-order valence-electron chi connectivity index (χ3n) is 3.93. The highest BCUT2D eigenvalue weighted by Gasteiger charge is 2.48. The van der Waals surface area contributed by atoms with Crippen LogP contribution in [0.2, 0.25) is 0 Å². The van der Waals surface area contributed by atoms with Crippen LogP contribution in [0.1, 0.15) is 32.1 Å². The van der Waals surface area contributed by atoms with Crippen molar-refractivity contribution in [3.63, 3.8) is 0 Å². The van der Waals surface area contributed by atoms with Crippen molar-refractivity contribution in [1.29, 1.82) is 0 Å². The molecule has 5 heteroatoms. The van der Waals surface area contributed by atoms with Gasteiger partial charge in [0, 0.05) is 11.3 Å². The largest absolute Gasteiger partial charge is 0.480 e. The number of hydrogen-bond acceptors (Lipinski definition) is 4. The Morgan fingerprint density at radius 2 is 2.06 bits per heavy atom. The van der Waals surface area contributed by atoms with Gasteiger partial charge in [-0.25, -0.2) is 0 Å². The Labute approximate surface area is 105 Å². The molecule has 0 spiro atoms. The molecule has 3 fully saturated rings. The van der Waals surface area contributed by atoms with Crippen molar-refractivity contribution in [1.82, 2.24) is 5.32 Å². The predicted molar refractivity (Wildman–Crippen MR) is 66.4 cm³/mol. The molecule has 0 radical (unpaired) electrons. The van der Waals surface area contributed by atoms with E-state index in [0.29, 0.717) is 16.5 Å². The minimum Gasteiger partial charge on any atom is -0.480 e. The summed E-state index contributed by atoms with van der Waals surface area (Å²) < 4.78 is 5.17. The fourth-order valence-electron chi connectivity index (χ4n) is 2.69. The van der Waals surface area contributed by atoms with Gasteiger partial charge in [0.2, 0.25) is 0 Å². The fraction of sp³-hybridized carbons (Fsp3) is 0.917. The van der Waals surface area contributed by atoms with Crippen molar-refractivity contribution in [3.05, 3.63) is 0 Å². The topological polar surface area (TPSA) is 58.6 Å². The number of nitrogens with one attached hydrogen (secondary N) is 1. The van der Waals surface area contributed by atoms with Crippen LogP contribution < -0.4 is 5.32 Å². The first-order valence-electron chi connectivity index (χ1n) is 6.42. The average Bonchev–Trinajstić information content (AvgIpc) is 2.92. The summed E-state index contributed by atoms with van der Waals surface area (Å²) in [5.74, 6) is -0.655. The monoisotopic (exact) mass is 257 g/mol. The van der Waals surface area contributed by atoms with Gasteiger partial charge in [-0.15, -0.1) is 0 Å². The fourth-order valence-corrected chi connectivity index (χ4v) is 4.22. The molecule has 0 aromatic rings. The van der Waals surface area contributed by atoms with Crippen LogP contribution in [0.3, 0.4) is 0 Å². The Kier molecular flexibility index (Phi) is 3.09. The lowest BCUT2D eigenvalue weighted by molar-refractivity contribution is -0.144. The van der Waals surface area contributed by atoms with Crippen LogP contribution in [0.25, 0.3) is 0 Å². The SMILES string of the molecule is O=C(O)C1(NC2CC2)CCC(SC2COC2)C1. The summed E-state index contributed by atoms with van der Waals surface area (Å²) in [7, 11) is 0. The molecule has 2 N–H and O–H groups in total. The van der Waals surface area contributed by atoms with Crippen LogP contribution in [0.5, 0.6) is 0 Å². The van der Waals surface area contributed by atoms with Gasteiger partial charge in [-0.3, -0.25) is 10.1 Å². The third kappa shape index (κ3) is 2.46. The first-order valence-corrected chi connectivity index (χ1v) is 7.36. The lowest BCUT2D eigenvalue weighted by Gasteiger charge is -2.29. The summed E-state index contributed by atoms with van der Waals surface area (Å²) in [4.78, 5) is 11.5. The van der Waals surface area contributed by atoms with Crippen LogP contribution in [0, 0.1) is 0 Å². The Bertz CT molecular complexity index is 317. The molecule has 96 valence electrons. The van der Waals surface area contributed by atoms with E-state index in [2.05, 4.69) is 5.32 Å². The van der Waals surface area contributed by atoms with Crippen molar-refractivity contribution >= 4 is 17.7 Å². The quantitative estimate of drug-likeness (QED) is 0.776. The highest BCUT2D eigenvalue weighted by molar-refractivity contribution is 8.00. The maximum absolute atomic E-state index is 11.5. The Morgan fingerprint density at radius 1 is 1.29 bits per heavy atom. The van der Waals surface area contributed by atoms with Crippen molar-refractivity contribution < 1.29 is 14.6 Å². The second-order valence-electron chi connectivity index (χ2n) is 5.47. The zero-order valence-electron chi connectivity index (χ0n) is 9.85. The summed E-state index contributed by atoms with van der Waals surface area (Å²) in [6, 6.07) is 0.460. The molecule has 0 aromatic heterocycles. The standard InChI is InChI=1S/C12H19NO3S/c14-11(15)12(13-8-1-2-8)4-3-9(5-12)17-10-6-16-7-10/h8-10,13H,1-7H2,(H,14,15). The third-order valence-corrected chi connectivity index (χ3v) is 5.37. The Balaban J connectivity index is 1.59. The van der Waals surface area contributed by atoms with Crippen LogP contribution in [0.4, 0.5) is 0 Å². The molecule has 3 aliphatic rings. The van der Waals surface area contributed by atoms with Crippen molar-refractivity contribution in [2.75, 3.05) is 13.2 Å². The van der Waals surface area contributed by atoms with E-state index in [-0.39, 0.29) is 0 Å². The number of carbonyl (C=O) groups is 1. The van der Waals surface area contributed by atoms with Crippen molar-refractivity contribution in [2.45, 2.75) is 54.2 Å². The van der Waals surface area contributed by atoms with E-state index in [1.807, 2.05) is 11.8 Å². The van der Waals surface area contributed by atoms with Gasteiger partial charge in [-0.2, -0.15) is 11.8 Å². The molecule has 2 saturated carbocycles. The summed E-state index contributed by atoms with van der Waals surface area (Å²) in [6.07, 6.45) is 4.86. The van der Waals surface area contributed by atoms with Gasteiger partial charge >= 0.3 is 5.97 Å². The molecule has 0 amide bonds. The molecular weight excluding hydrogens is 238 g/mol. The molecular formula is C12H19NO3S. The number of rotatable bonds is 5. The molecule has 17 heavy (non-hydrogen) atoms. The average molecular weight is 257 g/mol. The van der Waals surface area contributed by atoms with Gasteiger partial charge in [-0.05, 0) is 32.1 Å². The van der Waals surface area contributed by atoms with E-state index in [4.69, 9.17) is 4.74 Å². The number of carboxylic acid groups (broad SMARTS) is 1.